The average Bonchev–Trinajstić information content (AvgIpc) is 2.42. The van der Waals surface area contributed by atoms with Crippen LogP contribution in [0.5, 0.6) is 0 Å². The van der Waals surface area contributed by atoms with Gasteiger partial charge in [0.25, 0.3) is 0 Å². The Hall–Kier alpha value is -2.05. The van der Waals surface area contributed by atoms with Gasteiger partial charge in [0, 0.05) is 13.1 Å². The predicted octanol–water partition coefficient (Wildman–Crippen LogP) is -0.0654. The second-order valence-electron chi connectivity index (χ2n) is 3.00. The van der Waals surface area contributed by atoms with E-state index in [9.17, 15) is 9.59 Å². The minimum atomic E-state index is -1.09. The number of nitrogens with zero attached hydrogens (tertiary/aromatic N) is 2. The maximum Gasteiger partial charge on any atom is 0.323 e. The van der Waals surface area contributed by atoms with Gasteiger partial charge in [-0.3, -0.25) is 14.8 Å². The molecule has 0 aliphatic heterocycles. The number of carbonyl (C=O) groups is 2. The molecule has 0 spiro atoms. The van der Waals surface area contributed by atoms with E-state index in [2.05, 4.69) is 15.7 Å². The Labute approximate surface area is 86.1 Å². The van der Waals surface area contributed by atoms with Crippen LogP contribution in [-0.4, -0.2) is 33.4 Å². The average molecular weight is 212 g/mol. The number of anilines is 1. The zero-order chi connectivity index (χ0) is 11.4. The number of hydrogen-bond donors (Lipinski definition) is 3. The third kappa shape index (κ3) is 3.29. The zero-order valence-electron chi connectivity index (χ0n) is 8.44. The third-order valence-electron chi connectivity index (χ3n) is 1.64. The second-order valence-corrected chi connectivity index (χ2v) is 3.00. The molecule has 1 aromatic rings. The molecular formula is C8H12N4O3. The fourth-order valence-corrected chi connectivity index (χ4v) is 1.04. The van der Waals surface area contributed by atoms with Crippen molar-refractivity contribution in [3.05, 3.63) is 11.8 Å². The summed E-state index contributed by atoms with van der Waals surface area (Å²) in [6.45, 7) is 1.38. The van der Waals surface area contributed by atoms with E-state index in [1.807, 2.05) is 0 Å². The minimum Gasteiger partial charge on any atom is -0.480 e. The summed E-state index contributed by atoms with van der Waals surface area (Å²) in [7, 11) is 1.68. The summed E-state index contributed by atoms with van der Waals surface area (Å²) in [6, 6.07) is 1.11. The van der Waals surface area contributed by atoms with Crippen molar-refractivity contribution in [3.63, 3.8) is 0 Å². The molecule has 0 saturated carbocycles. The SMILES string of the molecule is Cc1cc(NC(=O)NCC(=O)O)n(C)n1. The topological polar surface area (TPSA) is 96.3 Å². The van der Waals surface area contributed by atoms with E-state index >= 15 is 0 Å². The largest absolute Gasteiger partial charge is 0.480 e. The van der Waals surface area contributed by atoms with Gasteiger partial charge in [0.15, 0.2) is 0 Å². The number of aryl methyl sites for hydroxylation is 2. The van der Waals surface area contributed by atoms with Crippen molar-refractivity contribution in [2.45, 2.75) is 6.92 Å². The van der Waals surface area contributed by atoms with E-state index in [1.54, 1.807) is 20.0 Å². The Balaban J connectivity index is 2.51. The molecule has 0 unspecified atom stereocenters. The molecule has 0 aromatic carbocycles. The number of carbonyl (C=O) groups excluding carboxylic acids is 1. The first-order valence-electron chi connectivity index (χ1n) is 4.26. The molecular weight excluding hydrogens is 200 g/mol. The molecule has 0 bridgehead atoms. The lowest BCUT2D eigenvalue weighted by molar-refractivity contribution is -0.135. The van der Waals surface area contributed by atoms with E-state index in [0.717, 1.165) is 5.69 Å². The molecule has 7 heteroatoms. The van der Waals surface area contributed by atoms with Crippen molar-refractivity contribution < 1.29 is 14.7 Å². The van der Waals surface area contributed by atoms with Gasteiger partial charge in [-0.15, -0.1) is 0 Å². The lowest BCUT2D eigenvalue weighted by Crippen LogP contribution is -2.33. The molecule has 0 aliphatic rings. The Kier molecular flexibility index (Phi) is 3.27. The number of nitrogens with one attached hydrogen (secondary N) is 2. The first-order valence-corrected chi connectivity index (χ1v) is 4.26. The van der Waals surface area contributed by atoms with Gasteiger partial charge < -0.3 is 10.4 Å². The van der Waals surface area contributed by atoms with Crippen LogP contribution in [0.4, 0.5) is 10.6 Å². The Bertz CT molecular complexity index is 385. The van der Waals surface area contributed by atoms with Crippen LogP contribution >= 0.6 is 0 Å². The lowest BCUT2D eigenvalue weighted by atomic mass is 10.5. The summed E-state index contributed by atoms with van der Waals surface area (Å²) in [5.41, 5.74) is 0.769. The van der Waals surface area contributed by atoms with Crippen LogP contribution in [0.2, 0.25) is 0 Å². The monoisotopic (exact) mass is 212 g/mol. The third-order valence-corrected chi connectivity index (χ3v) is 1.64. The number of amides is 2. The van der Waals surface area contributed by atoms with Crippen molar-refractivity contribution >= 4 is 17.8 Å². The molecule has 0 fully saturated rings. The summed E-state index contributed by atoms with van der Waals surface area (Å²) < 4.78 is 1.50. The Morgan fingerprint density at radius 3 is 2.73 bits per heavy atom. The summed E-state index contributed by atoms with van der Waals surface area (Å²) in [4.78, 5) is 21.3. The van der Waals surface area contributed by atoms with Crippen molar-refractivity contribution in [2.24, 2.45) is 7.05 Å². The molecule has 0 atom stereocenters. The first-order chi connectivity index (χ1) is 6.99. The molecule has 0 radical (unpaired) electrons. The number of aliphatic carboxylic acids is 1. The molecule has 3 N–H and O–H groups in total. The highest BCUT2D eigenvalue weighted by Gasteiger charge is 2.07. The maximum atomic E-state index is 11.2. The van der Waals surface area contributed by atoms with Crippen molar-refractivity contribution in [1.82, 2.24) is 15.1 Å². The van der Waals surface area contributed by atoms with Gasteiger partial charge in [-0.2, -0.15) is 5.10 Å². The lowest BCUT2D eigenvalue weighted by Gasteiger charge is -2.04. The molecule has 7 nitrogen and oxygen atoms in total. The fraction of sp³-hybridized carbons (Fsp3) is 0.375. The first kappa shape index (κ1) is 11.0. The highest BCUT2D eigenvalue weighted by atomic mass is 16.4. The zero-order valence-corrected chi connectivity index (χ0v) is 8.44. The van der Waals surface area contributed by atoms with Crippen molar-refractivity contribution in [3.8, 4) is 0 Å². The molecule has 15 heavy (non-hydrogen) atoms. The van der Waals surface area contributed by atoms with Crippen LogP contribution in [0.25, 0.3) is 0 Å². The summed E-state index contributed by atoms with van der Waals surface area (Å²) >= 11 is 0. The van der Waals surface area contributed by atoms with Crippen LogP contribution < -0.4 is 10.6 Å². The van der Waals surface area contributed by atoms with E-state index in [-0.39, 0.29) is 0 Å². The molecule has 1 aromatic heterocycles. The van der Waals surface area contributed by atoms with Gasteiger partial charge in [-0.1, -0.05) is 0 Å². The normalized spacial score (nSPS) is 9.73. The molecule has 1 rings (SSSR count). The number of carboxylic acids is 1. The molecule has 82 valence electrons. The van der Waals surface area contributed by atoms with E-state index in [1.165, 1.54) is 4.68 Å². The van der Waals surface area contributed by atoms with Gasteiger partial charge in [0.05, 0.1) is 5.69 Å². The molecule has 0 saturated heterocycles. The Morgan fingerprint density at radius 2 is 2.27 bits per heavy atom. The van der Waals surface area contributed by atoms with Gasteiger partial charge in [-0.25, -0.2) is 4.79 Å². The second kappa shape index (κ2) is 4.45. The summed E-state index contributed by atoms with van der Waals surface area (Å²) in [6.07, 6.45) is 0. The van der Waals surface area contributed by atoms with Crippen LogP contribution in [-0.2, 0) is 11.8 Å². The number of urea groups is 1. The van der Waals surface area contributed by atoms with Gasteiger partial charge in [-0.05, 0) is 6.92 Å². The maximum absolute atomic E-state index is 11.2. The highest BCUT2D eigenvalue weighted by Crippen LogP contribution is 2.06. The number of aromatic nitrogens is 2. The summed E-state index contributed by atoms with van der Waals surface area (Å²) in [5.74, 6) is -0.582. The van der Waals surface area contributed by atoms with Gasteiger partial charge in [0.2, 0.25) is 0 Å². The molecule has 0 aliphatic carbocycles. The van der Waals surface area contributed by atoms with Crippen LogP contribution in [0.1, 0.15) is 5.69 Å². The van der Waals surface area contributed by atoms with Crippen molar-refractivity contribution in [1.29, 1.82) is 0 Å². The van der Waals surface area contributed by atoms with Gasteiger partial charge in [0.1, 0.15) is 12.4 Å². The van der Waals surface area contributed by atoms with Crippen LogP contribution in [0.3, 0.4) is 0 Å². The fourth-order valence-electron chi connectivity index (χ4n) is 1.04. The van der Waals surface area contributed by atoms with E-state index in [4.69, 9.17) is 5.11 Å². The predicted molar refractivity (Wildman–Crippen MR) is 52.6 cm³/mol. The summed E-state index contributed by atoms with van der Waals surface area (Å²) in [5, 5.41) is 17.0. The quantitative estimate of drug-likeness (QED) is 0.653. The highest BCUT2D eigenvalue weighted by molar-refractivity contribution is 5.90. The standard InChI is InChI=1S/C8H12N4O3/c1-5-3-6(12(2)11-5)10-8(15)9-4-7(13)14/h3H,4H2,1-2H3,(H,13,14)(H2,9,10,15). The number of rotatable bonds is 3. The van der Waals surface area contributed by atoms with Crippen LogP contribution in [0.15, 0.2) is 6.07 Å². The number of hydrogen-bond acceptors (Lipinski definition) is 3. The molecule has 2 amide bonds. The molecule has 1 heterocycles. The van der Waals surface area contributed by atoms with Crippen LogP contribution in [0, 0.1) is 6.92 Å². The van der Waals surface area contributed by atoms with E-state index < -0.39 is 18.5 Å². The van der Waals surface area contributed by atoms with Gasteiger partial charge >= 0.3 is 12.0 Å². The van der Waals surface area contributed by atoms with E-state index in [0.29, 0.717) is 5.82 Å². The minimum absolute atomic E-state index is 0.414. The smallest absolute Gasteiger partial charge is 0.323 e. The van der Waals surface area contributed by atoms with Crippen molar-refractivity contribution in [2.75, 3.05) is 11.9 Å². The Morgan fingerprint density at radius 1 is 1.60 bits per heavy atom. The number of carboxylic acid groups (broad SMARTS) is 1.